The van der Waals surface area contributed by atoms with E-state index in [0.29, 0.717) is 5.56 Å². The van der Waals surface area contributed by atoms with E-state index in [4.69, 9.17) is 0 Å². The minimum absolute atomic E-state index is 0.0346. The molecule has 1 atom stereocenters. The molecule has 0 bridgehead atoms. The molecule has 18 heavy (non-hydrogen) atoms. The summed E-state index contributed by atoms with van der Waals surface area (Å²) in [4.78, 5) is 12.9. The molecular formula is C13H18F2N2O. The average Bonchev–Trinajstić information content (AvgIpc) is 2.30. The van der Waals surface area contributed by atoms with Gasteiger partial charge in [0.1, 0.15) is 11.6 Å². The molecule has 0 saturated carbocycles. The first kappa shape index (κ1) is 14.4. The molecule has 0 heterocycles. The van der Waals surface area contributed by atoms with Gasteiger partial charge >= 0.3 is 6.03 Å². The summed E-state index contributed by atoms with van der Waals surface area (Å²) in [6, 6.07) is 1.60. The zero-order valence-electron chi connectivity index (χ0n) is 11.1. The molecular weight excluding hydrogens is 238 g/mol. The van der Waals surface area contributed by atoms with Crippen molar-refractivity contribution >= 4 is 11.7 Å². The summed E-state index contributed by atoms with van der Waals surface area (Å²) in [6.45, 7) is 3.78. The van der Waals surface area contributed by atoms with Crippen LogP contribution in [0.2, 0.25) is 0 Å². The second kappa shape index (κ2) is 5.80. The van der Waals surface area contributed by atoms with Crippen LogP contribution in [0.15, 0.2) is 12.1 Å². The molecule has 1 aromatic carbocycles. The van der Waals surface area contributed by atoms with Gasteiger partial charge in [-0.15, -0.1) is 0 Å². The summed E-state index contributed by atoms with van der Waals surface area (Å²) >= 11 is 0. The predicted molar refractivity (Wildman–Crippen MR) is 67.8 cm³/mol. The second-order valence-corrected chi connectivity index (χ2v) is 4.49. The Bertz CT molecular complexity index is 447. The van der Waals surface area contributed by atoms with Gasteiger partial charge in [0.25, 0.3) is 0 Å². The molecule has 0 aromatic heterocycles. The highest BCUT2D eigenvalue weighted by Crippen LogP contribution is 2.30. The number of carbonyl (C=O) groups excluding carboxylic acids is 1. The van der Waals surface area contributed by atoms with Crippen LogP contribution in [0.25, 0.3) is 0 Å². The number of hydrogen-bond donors (Lipinski definition) is 1. The maximum atomic E-state index is 13.8. The number of benzene rings is 1. The van der Waals surface area contributed by atoms with E-state index in [1.807, 2.05) is 13.8 Å². The molecule has 0 fully saturated rings. The lowest BCUT2D eigenvalue weighted by atomic mass is 9.96. The van der Waals surface area contributed by atoms with Crippen molar-refractivity contribution in [3.8, 4) is 0 Å². The first-order valence-corrected chi connectivity index (χ1v) is 5.84. The van der Waals surface area contributed by atoms with E-state index in [2.05, 4.69) is 5.32 Å². The standard InChI is InChI=1S/C13H18F2N2O/c1-5-8(2)10-6-9(14)7-11(15)12(10)16-13(18)17(3)4/h6-8H,5H2,1-4H3,(H,16,18). The van der Waals surface area contributed by atoms with Crippen molar-refractivity contribution in [1.29, 1.82) is 0 Å². The predicted octanol–water partition coefficient (Wildman–Crippen LogP) is 3.57. The fourth-order valence-corrected chi connectivity index (χ4v) is 1.55. The van der Waals surface area contributed by atoms with Crippen molar-refractivity contribution in [2.24, 2.45) is 0 Å². The van der Waals surface area contributed by atoms with E-state index in [1.165, 1.54) is 11.0 Å². The van der Waals surface area contributed by atoms with E-state index >= 15 is 0 Å². The summed E-state index contributed by atoms with van der Waals surface area (Å²) in [7, 11) is 3.11. The number of nitrogens with zero attached hydrogens (tertiary/aromatic N) is 1. The van der Waals surface area contributed by atoms with E-state index in [1.54, 1.807) is 14.1 Å². The van der Waals surface area contributed by atoms with Crippen LogP contribution in [-0.4, -0.2) is 25.0 Å². The van der Waals surface area contributed by atoms with Crippen molar-refractivity contribution in [3.05, 3.63) is 29.3 Å². The molecule has 0 radical (unpaired) electrons. The van der Waals surface area contributed by atoms with Crippen molar-refractivity contribution in [3.63, 3.8) is 0 Å². The first-order chi connectivity index (χ1) is 8.36. The lowest BCUT2D eigenvalue weighted by molar-refractivity contribution is 0.230. The van der Waals surface area contributed by atoms with E-state index in [0.717, 1.165) is 12.5 Å². The van der Waals surface area contributed by atoms with Gasteiger partial charge < -0.3 is 10.2 Å². The normalized spacial score (nSPS) is 12.1. The number of urea groups is 1. The Kier molecular flexibility index (Phi) is 4.64. The Balaban J connectivity index is 3.19. The fraction of sp³-hybridized carbons (Fsp3) is 0.462. The molecule has 100 valence electrons. The second-order valence-electron chi connectivity index (χ2n) is 4.49. The van der Waals surface area contributed by atoms with E-state index < -0.39 is 17.7 Å². The van der Waals surface area contributed by atoms with Crippen molar-refractivity contribution < 1.29 is 13.6 Å². The van der Waals surface area contributed by atoms with Crippen molar-refractivity contribution in [1.82, 2.24) is 4.90 Å². The van der Waals surface area contributed by atoms with Gasteiger partial charge in [-0.3, -0.25) is 0 Å². The van der Waals surface area contributed by atoms with Crippen LogP contribution >= 0.6 is 0 Å². The number of nitrogens with one attached hydrogen (secondary N) is 1. The van der Waals surface area contributed by atoms with Crippen LogP contribution in [0.5, 0.6) is 0 Å². The van der Waals surface area contributed by atoms with Gasteiger partial charge in [0.05, 0.1) is 5.69 Å². The van der Waals surface area contributed by atoms with Gasteiger partial charge in [-0.05, 0) is 24.0 Å². The Morgan fingerprint density at radius 2 is 2.00 bits per heavy atom. The van der Waals surface area contributed by atoms with Gasteiger partial charge in [-0.25, -0.2) is 13.6 Å². The van der Waals surface area contributed by atoms with Crippen LogP contribution in [0.3, 0.4) is 0 Å². The van der Waals surface area contributed by atoms with Gasteiger partial charge in [-0.2, -0.15) is 0 Å². The van der Waals surface area contributed by atoms with Gasteiger partial charge in [0, 0.05) is 20.2 Å². The summed E-state index contributed by atoms with van der Waals surface area (Å²) in [5, 5.41) is 2.47. The maximum absolute atomic E-state index is 13.8. The maximum Gasteiger partial charge on any atom is 0.321 e. The SMILES string of the molecule is CCC(C)c1cc(F)cc(F)c1NC(=O)N(C)C. The number of hydrogen-bond acceptors (Lipinski definition) is 1. The summed E-state index contributed by atoms with van der Waals surface area (Å²) in [5.41, 5.74) is 0.537. The van der Waals surface area contributed by atoms with Crippen LogP contribution in [-0.2, 0) is 0 Å². The summed E-state index contributed by atoms with van der Waals surface area (Å²) in [5.74, 6) is -1.42. The first-order valence-electron chi connectivity index (χ1n) is 5.84. The molecule has 0 aliphatic carbocycles. The highest BCUT2D eigenvalue weighted by atomic mass is 19.1. The largest absolute Gasteiger partial charge is 0.331 e. The number of anilines is 1. The minimum Gasteiger partial charge on any atom is -0.331 e. The topological polar surface area (TPSA) is 32.3 Å². The third-order valence-electron chi connectivity index (χ3n) is 2.87. The molecule has 1 unspecified atom stereocenters. The fourth-order valence-electron chi connectivity index (χ4n) is 1.55. The molecule has 0 spiro atoms. The minimum atomic E-state index is -0.750. The summed E-state index contributed by atoms with van der Waals surface area (Å²) in [6.07, 6.45) is 0.730. The Hall–Kier alpha value is -1.65. The molecule has 3 nitrogen and oxygen atoms in total. The van der Waals surface area contributed by atoms with Gasteiger partial charge in [-0.1, -0.05) is 13.8 Å². The third-order valence-corrected chi connectivity index (χ3v) is 2.87. The molecule has 5 heteroatoms. The van der Waals surface area contributed by atoms with Crippen molar-refractivity contribution in [2.75, 3.05) is 19.4 Å². The van der Waals surface area contributed by atoms with Gasteiger partial charge in [0.2, 0.25) is 0 Å². The smallest absolute Gasteiger partial charge is 0.321 e. The Morgan fingerprint density at radius 1 is 1.39 bits per heavy atom. The van der Waals surface area contributed by atoms with E-state index in [9.17, 15) is 13.6 Å². The zero-order valence-corrected chi connectivity index (χ0v) is 11.1. The van der Waals surface area contributed by atoms with Crippen LogP contribution in [0.4, 0.5) is 19.3 Å². The van der Waals surface area contributed by atoms with Crippen LogP contribution < -0.4 is 5.32 Å². The highest BCUT2D eigenvalue weighted by Gasteiger charge is 2.18. The van der Waals surface area contributed by atoms with Gasteiger partial charge in [0.15, 0.2) is 0 Å². The van der Waals surface area contributed by atoms with Crippen LogP contribution in [0.1, 0.15) is 31.7 Å². The molecule has 2 amide bonds. The molecule has 1 N–H and O–H groups in total. The van der Waals surface area contributed by atoms with Crippen molar-refractivity contribution in [2.45, 2.75) is 26.2 Å². The van der Waals surface area contributed by atoms with E-state index in [-0.39, 0.29) is 11.6 Å². The molecule has 0 aliphatic heterocycles. The number of carbonyl (C=O) groups is 1. The number of amides is 2. The highest BCUT2D eigenvalue weighted by molar-refractivity contribution is 5.90. The third kappa shape index (κ3) is 3.18. The quantitative estimate of drug-likeness (QED) is 0.881. The number of rotatable bonds is 3. The molecule has 0 saturated heterocycles. The Morgan fingerprint density at radius 3 is 2.50 bits per heavy atom. The lowest BCUT2D eigenvalue weighted by Crippen LogP contribution is -2.28. The molecule has 0 aliphatic rings. The molecule has 1 rings (SSSR count). The lowest BCUT2D eigenvalue weighted by Gasteiger charge is -2.19. The van der Waals surface area contributed by atoms with Crippen LogP contribution in [0, 0.1) is 11.6 Å². The molecule has 1 aromatic rings. The number of halogens is 2. The Labute approximate surface area is 106 Å². The average molecular weight is 256 g/mol. The summed E-state index contributed by atoms with van der Waals surface area (Å²) < 4.78 is 27.0. The zero-order chi connectivity index (χ0) is 13.9. The monoisotopic (exact) mass is 256 g/mol.